The van der Waals surface area contributed by atoms with E-state index in [1.165, 1.54) is 0 Å². The van der Waals surface area contributed by atoms with Crippen LogP contribution in [0, 0.1) is 4.77 Å². The lowest BCUT2D eigenvalue weighted by molar-refractivity contribution is -0.611. The molecule has 0 saturated carbocycles. The molecule has 4 rings (SSSR count). The van der Waals surface area contributed by atoms with Crippen molar-refractivity contribution >= 4 is 29.5 Å². The van der Waals surface area contributed by atoms with Crippen LogP contribution in [0.3, 0.4) is 0 Å². The van der Waals surface area contributed by atoms with Gasteiger partial charge >= 0.3 is 4.77 Å². The largest absolute Gasteiger partial charge is 0.328 e. The molecule has 0 saturated heterocycles. The lowest BCUT2D eigenvalue weighted by atomic mass is 10.0. The Hall–Kier alpha value is -2.24. The van der Waals surface area contributed by atoms with E-state index in [2.05, 4.69) is 17.2 Å². The van der Waals surface area contributed by atoms with Gasteiger partial charge in [-0.3, -0.25) is 4.99 Å². The maximum Gasteiger partial charge on any atom is 0.328 e. The third kappa shape index (κ3) is 2.33. The van der Waals surface area contributed by atoms with Crippen LogP contribution in [0.4, 0.5) is 0 Å². The lowest BCUT2D eigenvalue weighted by Crippen LogP contribution is -2.36. The minimum atomic E-state index is 0.542. The zero-order chi connectivity index (χ0) is 16.0. The molecular weight excluding hydrogens is 328 g/mol. The average Bonchev–Trinajstić information content (AvgIpc) is 2.74. The summed E-state index contributed by atoms with van der Waals surface area (Å²) < 4.78 is 4.59. The molecule has 1 aromatic heterocycles. The van der Waals surface area contributed by atoms with Gasteiger partial charge in [0.25, 0.3) is 5.82 Å². The fourth-order valence-electron chi connectivity index (χ4n) is 2.92. The maximum absolute atomic E-state index is 6.25. The summed E-state index contributed by atoms with van der Waals surface area (Å²) in [5.74, 6) is 1.00. The Morgan fingerprint density at radius 2 is 2.00 bits per heavy atom. The van der Waals surface area contributed by atoms with Crippen LogP contribution >= 0.6 is 23.8 Å². The first kappa shape index (κ1) is 14.4. The highest BCUT2D eigenvalue weighted by molar-refractivity contribution is 7.71. The highest BCUT2D eigenvalue weighted by Gasteiger charge is 2.26. The van der Waals surface area contributed by atoms with E-state index in [9.17, 15) is 0 Å². The standard InChI is InChI=1S/C17H13ClN4S/c1-21-15-10-19-16(11-5-3-2-4-6-11)13-9-12(18)7-8-14(13)22(15)17(23)20-21/h2-9H,10H2,1H3/p+1. The fraction of sp³-hybridized carbons (Fsp3) is 0.118. The van der Waals surface area contributed by atoms with Gasteiger partial charge in [-0.1, -0.05) is 41.9 Å². The fourth-order valence-corrected chi connectivity index (χ4v) is 3.43. The molecular formula is C17H14ClN4S+. The predicted octanol–water partition coefficient (Wildman–Crippen LogP) is 3.36. The number of aromatic amines is 1. The van der Waals surface area contributed by atoms with Crippen molar-refractivity contribution in [2.45, 2.75) is 6.54 Å². The number of H-pyrrole nitrogens is 1. The van der Waals surface area contributed by atoms with E-state index in [-0.39, 0.29) is 0 Å². The van der Waals surface area contributed by atoms with Gasteiger partial charge < -0.3 is 0 Å². The number of nitrogens with one attached hydrogen (secondary N) is 1. The topological polar surface area (TPSA) is 37.0 Å². The molecule has 0 aliphatic carbocycles. The van der Waals surface area contributed by atoms with Crippen molar-refractivity contribution in [2.75, 3.05) is 0 Å². The number of aromatic nitrogens is 3. The quantitative estimate of drug-likeness (QED) is 0.535. The minimum Gasteiger partial charge on any atom is -0.273 e. The molecule has 0 spiro atoms. The van der Waals surface area contributed by atoms with Gasteiger partial charge in [0.05, 0.1) is 12.8 Å². The second kappa shape index (κ2) is 5.44. The predicted molar refractivity (Wildman–Crippen MR) is 92.9 cm³/mol. The van der Waals surface area contributed by atoms with Gasteiger partial charge in [0.15, 0.2) is 0 Å². The maximum atomic E-state index is 6.25. The molecule has 114 valence electrons. The monoisotopic (exact) mass is 341 g/mol. The average molecular weight is 342 g/mol. The summed E-state index contributed by atoms with van der Waals surface area (Å²) in [6, 6.07) is 16.0. The zero-order valence-corrected chi connectivity index (χ0v) is 14.0. The molecule has 1 aliphatic rings. The van der Waals surface area contributed by atoms with E-state index < -0.39 is 0 Å². The third-order valence-electron chi connectivity index (χ3n) is 3.99. The number of aryl methyl sites for hydroxylation is 1. The molecule has 0 bridgehead atoms. The Labute approximate surface area is 143 Å². The summed E-state index contributed by atoms with van der Waals surface area (Å²) in [6.45, 7) is 0.542. The molecule has 0 radical (unpaired) electrons. The van der Waals surface area contributed by atoms with Crippen LogP contribution in [0.5, 0.6) is 0 Å². The third-order valence-corrected chi connectivity index (χ3v) is 4.50. The van der Waals surface area contributed by atoms with Gasteiger partial charge in [0.1, 0.15) is 12.2 Å². The Bertz CT molecular complexity index is 986. The summed E-state index contributed by atoms with van der Waals surface area (Å²) in [6.07, 6.45) is 0. The second-order valence-corrected chi connectivity index (χ2v) is 6.24. The Morgan fingerprint density at radius 1 is 1.22 bits per heavy atom. The Kier molecular flexibility index (Phi) is 3.39. The first-order valence-electron chi connectivity index (χ1n) is 7.25. The van der Waals surface area contributed by atoms with Crippen molar-refractivity contribution in [1.82, 2.24) is 9.78 Å². The van der Waals surface area contributed by atoms with Gasteiger partial charge in [-0.2, -0.15) is 9.25 Å². The molecule has 0 fully saturated rings. The molecule has 2 aromatic carbocycles. The van der Waals surface area contributed by atoms with E-state index >= 15 is 0 Å². The number of fused-ring (bicyclic) bond motifs is 3. The van der Waals surface area contributed by atoms with Crippen LogP contribution in [-0.2, 0) is 13.6 Å². The summed E-state index contributed by atoms with van der Waals surface area (Å²) >= 11 is 11.7. The van der Waals surface area contributed by atoms with Crippen molar-refractivity contribution in [1.29, 1.82) is 0 Å². The van der Waals surface area contributed by atoms with Gasteiger partial charge in [-0.15, -0.1) is 5.10 Å². The molecule has 0 atom stereocenters. The molecule has 3 aromatic rings. The van der Waals surface area contributed by atoms with Crippen LogP contribution in [0.15, 0.2) is 53.5 Å². The van der Waals surface area contributed by atoms with Crippen molar-refractivity contribution in [3.05, 3.63) is 75.3 Å². The van der Waals surface area contributed by atoms with Crippen molar-refractivity contribution in [3.8, 4) is 5.69 Å². The summed E-state index contributed by atoms with van der Waals surface area (Å²) in [5.41, 5.74) is 3.98. The normalized spacial score (nSPS) is 13.0. The van der Waals surface area contributed by atoms with Crippen LogP contribution in [0.1, 0.15) is 17.0 Å². The molecule has 0 amide bonds. The zero-order valence-electron chi connectivity index (χ0n) is 12.5. The number of aliphatic imine (C=N–C) groups is 1. The molecule has 4 nitrogen and oxygen atoms in total. The highest BCUT2D eigenvalue weighted by atomic mass is 35.5. The highest BCUT2D eigenvalue weighted by Crippen LogP contribution is 2.23. The number of rotatable bonds is 1. The number of hydrogen-bond donors (Lipinski definition) is 1. The smallest absolute Gasteiger partial charge is 0.273 e. The second-order valence-electron chi connectivity index (χ2n) is 5.42. The summed E-state index contributed by atoms with van der Waals surface area (Å²) in [4.78, 5) is 4.84. The molecule has 1 aliphatic heterocycles. The van der Waals surface area contributed by atoms with Crippen LogP contribution in [0.2, 0.25) is 5.02 Å². The first-order chi connectivity index (χ1) is 11.1. The Balaban J connectivity index is 2.05. The Morgan fingerprint density at radius 3 is 2.78 bits per heavy atom. The number of benzene rings is 2. The lowest BCUT2D eigenvalue weighted by Gasteiger charge is -2.09. The van der Waals surface area contributed by atoms with Crippen LogP contribution < -0.4 is 4.57 Å². The first-order valence-corrected chi connectivity index (χ1v) is 8.04. The molecule has 6 heteroatoms. The number of nitrogens with zero attached hydrogens (tertiary/aromatic N) is 3. The summed E-state index contributed by atoms with van der Waals surface area (Å²) in [5, 5.41) is 3.83. The minimum absolute atomic E-state index is 0.542. The molecule has 0 unspecified atom stereocenters. The number of halogens is 1. The van der Waals surface area contributed by atoms with Crippen molar-refractivity contribution in [3.63, 3.8) is 0 Å². The van der Waals surface area contributed by atoms with Gasteiger partial charge in [-0.05, 0) is 30.4 Å². The van der Waals surface area contributed by atoms with Crippen molar-refractivity contribution < 1.29 is 4.57 Å². The van der Waals surface area contributed by atoms with Gasteiger partial charge in [0.2, 0.25) is 0 Å². The van der Waals surface area contributed by atoms with E-state index in [1.807, 2.05) is 52.7 Å². The van der Waals surface area contributed by atoms with E-state index in [1.54, 1.807) is 0 Å². The van der Waals surface area contributed by atoms with E-state index in [0.29, 0.717) is 16.3 Å². The molecule has 23 heavy (non-hydrogen) atoms. The molecule has 2 heterocycles. The van der Waals surface area contributed by atoms with Crippen LogP contribution in [0.25, 0.3) is 5.69 Å². The SMILES string of the molecule is Cn1[nH]c(=S)[n+]2c1CN=C(c1ccccc1)c1cc(Cl)ccc1-2. The van der Waals surface area contributed by atoms with E-state index in [4.69, 9.17) is 28.8 Å². The van der Waals surface area contributed by atoms with E-state index in [0.717, 1.165) is 28.4 Å². The van der Waals surface area contributed by atoms with Gasteiger partial charge in [0, 0.05) is 16.1 Å². The van der Waals surface area contributed by atoms with Crippen molar-refractivity contribution in [2.24, 2.45) is 12.0 Å². The molecule has 1 N–H and O–H groups in total. The van der Waals surface area contributed by atoms with Gasteiger partial charge in [-0.25, -0.2) is 0 Å². The van der Waals surface area contributed by atoms with Crippen LogP contribution in [-0.4, -0.2) is 15.5 Å². The number of hydrogen-bond acceptors (Lipinski definition) is 2. The summed E-state index contributed by atoms with van der Waals surface area (Å²) in [7, 11) is 1.94.